The minimum atomic E-state index is -0.503. The molecule has 1 fully saturated rings. The Balaban J connectivity index is 2.00. The van der Waals surface area contributed by atoms with Crippen molar-refractivity contribution in [3.63, 3.8) is 0 Å². The van der Waals surface area contributed by atoms with Gasteiger partial charge in [0.2, 0.25) is 0 Å². The predicted molar refractivity (Wildman–Crippen MR) is 65.9 cm³/mol. The van der Waals surface area contributed by atoms with Crippen molar-refractivity contribution in [2.24, 2.45) is 0 Å². The quantitative estimate of drug-likeness (QED) is 0.609. The van der Waals surface area contributed by atoms with Gasteiger partial charge in [-0.2, -0.15) is 0 Å². The molecule has 8 heteroatoms. The van der Waals surface area contributed by atoms with Crippen LogP contribution in [0, 0.1) is 10.1 Å². The van der Waals surface area contributed by atoms with E-state index in [0.29, 0.717) is 18.7 Å². The average molecular weight is 271 g/mol. The minimum absolute atomic E-state index is 0.0343. The number of nitrogens with one attached hydrogen (secondary N) is 2. The Kier molecular flexibility index (Phi) is 3.90. The monoisotopic (exact) mass is 271 g/mol. The molecule has 2 heterocycles. The SMILES string of the molecule is CO[C@@H]1CNCC1NC(=O)c1csc([N+](=O)[O-])c1. The van der Waals surface area contributed by atoms with Crippen molar-refractivity contribution in [3.8, 4) is 0 Å². The summed E-state index contributed by atoms with van der Waals surface area (Å²) in [4.78, 5) is 21.9. The van der Waals surface area contributed by atoms with Crippen LogP contribution in [0.2, 0.25) is 0 Å². The zero-order valence-electron chi connectivity index (χ0n) is 9.71. The van der Waals surface area contributed by atoms with Gasteiger partial charge in [-0.05, 0) is 0 Å². The second-order valence-corrected chi connectivity index (χ2v) is 4.83. The molecule has 2 rings (SSSR count). The summed E-state index contributed by atoms with van der Waals surface area (Å²) in [6, 6.07) is 1.17. The van der Waals surface area contributed by atoms with Crippen LogP contribution in [0.25, 0.3) is 0 Å². The standard InChI is InChI=1S/C10H13N3O4S/c1-17-8-4-11-3-7(8)12-10(14)6-2-9(13(15)16)18-5-6/h2,5,7-8,11H,3-4H2,1H3,(H,12,14)/t7?,8-/m1/s1. The van der Waals surface area contributed by atoms with Gasteiger partial charge in [0.25, 0.3) is 5.91 Å². The van der Waals surface area contributed by atoms with Crippen molar-refractivity contribution in [2.45, 2.75) is 12.1 Å². The summed E-state index contributed by atoms with van der Waals surface area (Å²) < 4.78 is 5.22. The zero-order valence-corrected chi connectivity index (χ0v) is 10.5. The lowest BCUT2D eigenvalue weighted by molar-refractivity contribution is -0.380. The molecule has 0 aromatic carbocycles. The van der Waals surface area contributed by atoms with Crippen LogP contribution in [0.5, 0.6) is 0 Å². The second-order valence-electron chi connectivity index (χ2n) is 3.94. The summed E-state index contributed by atoms with van der Waals surface area (Å²) in [6.07, 6.45) is -0.0671. The van der Waals surface area contributed by atoms with E-state index in [1.54, 1.807) is 7.11 Å². The number of rotatable bonds is 4. The predicted octanol–water partition coefficient (Wildman–Crippen LogP) is 0.373. The minimum Gasteiger partial charge on any atom is -0.378 e. The summed E-state index contributed by atoms with van der Waals surface area (Å²) in [5, 5.41) is 17.9. The van der Waals surface area contributed by atoms with Gasteiger partial charge in [-0.15, -0.1) is 0 Å². The fourth-order valence-corrected chi connectivity index (χ4v) is 2.54. The fraction of sp³-hybridized carbons (Fsp3) is 0.500. The molecule has 1 saturated heterocycles. The van der Waals surface area contributed by atoms with Crippen LogP contribution in [-0.4, -0.2) is 43.2 Å². The maximum atomic E-state index is 11.9. The van der Waals surface area contributed by atoms with Crippen LogP contribution >= 0.6 is 11.3 Å². The molecular weight excluding hydrogens is 258 g/mol. The second kappa shape index (κ2) is 5.42. The van der Waals surface area contributed by atoms with Gasteiger partial charge in [0.05, 0.1) is 22.6 Å². The molecule has 0 bridgehead atoms. The molecule has 7 nitrogen and oxygen atoms in total. The van der Waals surface area contributed by atoms with Crippen molar-refractivity contribution in [3.05, 3.63) is 27.1 Å². The Hall–Kier alpha value is -1.51. The van der Waals surface area contributed by atoms with Crippen LogP contribution < -0.4 is 10.6 Å². The van der Waals surface area contributed by atoms with Gasteiger partial charge in [-0.1, -0.05) is 11.3 Å². The Bertz CT molecular complexity index is 462. The Morgan fingerprint density at radius 3 is 3.06 bits per heavy atom. The molecule has 2 atom stereocenters. The van der Waals surface area contributed by atoms with E-state index in [9.17, 15) is 14.9 Å². The first-order valence-electron chi connectivity index (χ1n) is 5.39. The highest BCUT2D eigenvalue weighted by molar-refractivity contribution is 7.13. The first kappa shape index (κ1) is 12.9. The van der Waals surface area contributed by atoms with Gasteiger partial charge in [-0.25, -0.2) is 0 Å². The fourth-order valence-electron chi connectivity index (χ4n) is 1.84. The summed E-state index contributed by atoms with van der Waals surface area (Å²) in [6.45, 7) is 1.32. The summed E-state index contributed by atoms with van der Waals surface area (Å²) in [5.41, 5.74) is 0.313. The van der Waals surface area contributed by atoms with E-state index in [-0.39, 0.29) is 23.1 Å². The third-order valence-electron chi connectivity index (χ3n) is 2.81. The molecule has 0 saturated carbocycles. The van der Waals surface area contributed by atoms with Gasteiger partial charge >= 0.3 is 5.00 Å². The molecule has 0 aliphatic carbocycles. The van der Waals surface area contributed by atoms with E-state index in [2.05, 4.69) is 10.6 Å². The molecule has 1 unspecified atom stereocenters. The molecule has 1 aliphatic rings. The Morgan fingerprint density at radius 1 is 1.67 bits per heavy atom. The lowest BCUT2D eigenvalue weighted by Crippen LogP contribution is -2.43. The summed E-state index contributed by atoms with van der Waals surface area (Å²) >= 11 is 0.944. The maximum absolute atomic E-state index is 11.9. The van der Waals surface area contributed by atoms with E-state index in [1.807, 2.05) is 0 Å². The number of hydrogen-bond acceptors (Lipinski definition) is 6. The average Bonchev–Trinajstić information content (AvgIpc) is 2.96. The molecule has 18 heavy (non-hydrogen) atoms. The molecule has 0 radical (unpaired) electrons. The lowest BCUT2D eigenvalue weighted by atomic mass is 10.2. The van der Waals surface area contributed by atoms with Crippen molar-refractivity contribution >= 4 is 22.2 Å². The highest BCUT2D eigenvalue weighted by Gasteiger charge is 2.29. The molecular formula is C10H13N3O4S. The number of hydrogen-bond donors (Lipinski definition) is 2. The number of thiophene rings is 1. The van der Waals surface area contributed by atoms with E-state index in [4.69, 9.17) is 4.74 Å². The number of carbonyl (C=O) groups excluding carboxylic acids is 1. The highest BCUT2D eigenvalue weighted by Crippen LogP contribution is 2.22. The molecule has 2 N–H and O–H groups in total. The number of nitro groups is 1. The van der Waals surface area contributed by atoms with Crippen molar-refractivity contribution < 1.29 is 14.5 Å². The Labute approximate surface area is 107 Å². The number of carbonyl (C=O) groups is 1. The van der Waals surface area contributed by atoms with Crippen LogP contribution in [0.3, 0.4) is 0 Å². The van der Waals surface area contributed by atoms with Gasteiger partial charge in [0, 0.05) is 31.6 Å². The smallest absolute Gasteiger partial charge is 0.324 e. The third-order valence-corrected chi connectivity index (χ3v) is 3.69. The maximum Gasteiger partial charge on any atom is 0.324 e. The normalized spacial score (nSPS) is 22.9. The van der Waals surface area contributed by atoms with Crippen LogP contribution in [-0.2, 0) is 4.74 Å². The van der Waals surface area contributed by atoms with Gasteiger partial charge < -0.3 is 15.4 Å². The molecule has 0 spiro atoms. The highest BCUT2D eigenvalue weighted by atomic mass is 32.1. The van der Waals surface area contributed by atoms with Crippen LogP contribution in [0.15, 0.2) is 11.4 Å². The topological polar surface area (TPSA) is 93.5 Å². The van der Waals surface area contributed by atoms with Gasteiger partial charge in [-0.3, -0.25) is 14.9 Å². The largest absolute Gasteiger partial charge is 0.378 e. The third kappa shape index (κ3) is 2.66. The van der Waals surface area contributed by atoms with Crippen LogP contribution in [0.4, 0.5) is 5.00 Å². The molecule has 1 aromatic rings. The molecule has 1 aliphatic heterocycles. The van der Waals surface area contributed by atoms with Crippen molar-refractivity contribution in [1.82, 2.24) is 10.6 Å². The van der Waals surface area contributed by atoms with E-state index >= 15 is 0 Å². The van der Waals surface area contributed by atoms with E-state index < -0.39 is 4.92 Å². The first-order chi connectivity index (χ1) is 8.61. The Morgan fingerprint density at radius 2 is 2.44 bits per heavy atom. The summed E-state index contributed by atoms with van der Waals surface area (Å²) in [5.74, 6) is -0.310. The first-order valence-corrected chi connectivity index (χ1v) is 6.27. The van der Waals surface area contributed by atoms with E-state index in [0.717, 1.165) is 11.3 Å². The summed E-state index contributed by atoms with van der Waals surface area (Å²) in [7, 11) is 1.59. The number of methoxy groups -OCH3 is 1. The van der Waals surface area contributed by atoms with Crippen molar-refractivity contribution in [1.29, 1.82) is 0 Å². The molecule has 1 amide bonds. The number of ether oxygens (including phenoxy) is 1. The zero-order chi connectivity index (χ0) is 13.1. The number of nitrogens with zero attached hydrogens (tertiary/aromatic N) is 1. The molecule has 98 valence electrons. The molecule has 1 aromatic heterocycles. The van der Waals surface area contributed by atoms with E-state index in [1.165, 1.54) is 11.4 Å². The lowest BCUT2D eigenvalue weighted by Gasteiger charge is -2.17. The van der Waals surface area contributed by atoms with Gasteiger partial charge in [0.1, 0.15) is 0 Å². The van der Waals surface area contributed by atoms with Crippen molar-refractivity contribution in [2.75, 3.05) is 20.2 Å². The van der Waals surface area contributed by atoms with Gasteiger partial charge in [0.15, 0.2) is 0 Å². The van der Waals surface area contributed by atoms with Crippen LogP contribution in [0.1, 0.15) is 10.4 Å². The number of amides is 1.